The summed E-state index contributed by atoms with van der Waals surface area (Å²) >= 11 is 0. The Kier molecular flexibility index (Phi) is 5.07. The van der Waals surface area contributed by atoms with E-state index in [0.717, 1.165) is 57.1 Å². The highest BCUT2D eigenvalue weighted by Crippen LogP contribution is 2.27. The van der Waals surface area contributed by atoms with Crippen LogP contribution in [0.25, 0.3) is 0 Å². The number of aromatic nitrogens is 5. The summed E-state index contributed by atoms with van der Waals surface area (Å²) in [5, 5.41) is 17.6. The minimum absolute atomic E-state index is 0.0531. The molecule has 2 aromatic heterocycles. The van der Waals surface area contributed by atoms with Gasteiger partial charge in [0.25, 0.3) is 0 Å². The molecule has 0 radical (unpaired) electrons. The third kappa shape index (κ3) is 3.45. The molecule has 126 valence electrons. The Morgan fingerprint density at radius 3 is 2.65 bits per heavy atom. The topological polar surface area (TPSA) is 72.0 Å². The molecule has 23 heavy (non-hydrogen) atoms. The second kappa shape index (κ2) is 7.23. The van der Waals surface area contributed by atoms with Crippen molar-refractivity contribution in [1.82, 2.24) is 29.2 Å². The number of aryl methyl sites for hydroxylation is 1. The SMILES string of the molecule is CCCn1ccnc1CN1CCC(c2nnc(CO)n2C)CC1. The van der Waals surface area contributed by atoms with E-state index in [-0.39, 0.29) is 6.61 Å². The molecule has 1 aliphatic heterocycles. The molecule has 0 spiro atoms. The molecule has 0 aromatic carbocycles. The number of piperidine rings is 1. The lowest BCUT2D eigenvalue weighted by molar-refractivity contribution is 0.193. The molecular weight excluding hydrogens is 292 g/mol. The standard InChI is InChI=1S/C16H26N6O/c1-3-7-22-10-6-17-14(22)11-21-8-4-13(5-9-21)16-19-18-15(12-23)20(16)2/h6,10,13,23H,3-5,7-9,11-12H2,1-2H3. The van der Waals surface area contributed by atoms with Gasteiger partial charge in [-0.3, -0.25) is 4.90 Å². The second-order valence-corrected chi connectivity index (χ2v) is 6.28. The summed E-state index contributed by atoms with van der Waals surface area (Å²) in [6.45, 7) is 6.18. The van der Waals surface area contributed by atoms with Crippen LogP contribution in [0.2, 0.25) is 0 Å². The Balaban J connectivity index is 1.58. The van der Waals surface area contributed by atoms with Crippen LogP contribution in [0, 0.1) is 0 Å². The Bertz CT molecular complexity index is 626. The van der Waals surface area contributed by atoms with E-state index in [4.69, 9.17) is 0 Å². The van der Waals surface area contributed by atoms with Crippen LogP contribution in [-0.4, -0.2) is 47.4 Å². The fraction of sp³-hybridized carbons (Fsp3) is 0.688. The van der Waals surface area contributed by atoms with Crippen LogP contribution >= 0.6 is 0 Å². The van der Waals surface area contributed by atoms with Crippen molar-refractivity contribution >= 4 is 0 Å². The number of nitrogens with zero attached hydrogens (tertiary/aromatic N) is 6. The van der Waals surface area contributed by atoms with Crippen LogP contribution < -0.4 is 0 Å². The smallest absolute Gasteiger partial charge is 0.158 e. The van der Waals surface area contributed by atoms with Gasteiger partial charge < -0.3 is 14.2 Å². The quantitative estimate of drug-likeness (QED) is 0.869. The summed E-state index contributed by atoms with van der Waals surface area (Å²) in [6.07, 6.45) is 7.25. The summed E-state index contributed by atoms with van der Waals surface area (Å²) in [5.41, 5.74) is 0. The number of aliphatic hydroxyl groups excluding tert-OH is 1. The number of rotatable bonds is 6. The molecule has 3 heterocycles. The number of hydrogen-bond donors (Lipinski definition) is 1. The zero-order chi connectivity index (χ0) is 16.2. The van der Waals surface area contributed by atoms with Gasteiger partial charge in [0.15, 0.2) is 5.82 Å². The van der Waals surface area contributed by atoms with Gasteiger partial charge in [0.2, 0.25) is 0 Å². The van der Waals surface area contributed by atoms with Crippen molar-refractivity contribution in [3.05, 3.63) is 29.9 Å². The number of hydrogen-bond acceptors (Lipinski definition) is 5. The third-order valence-electron chi connectivity index (χ3n) is 4.72. The molecule has 1 aliphatic rings. The summed E-state index contributed by atoms with van der Waals surface area (Å²) < 4.78 is 4.19. The van der Waals surface area contributed by atoms with E-state index >= 15 is 0 Å². The van der Waals surface area contributed by atoms with Crippen molar-refractivity contribution in [3.63, 3.8) is 0 Å². The van der Waals surface area contributed by atoms with E-state index in [1.807, 2.05) is 17.8 Å². The fourth-order valence-electron chi connectivity index (χ4n) is 3.35. The third-order valence-corrected chi connectivity index (χ3v) is 4.72. The van der Waals surface area contributed by atoms with Crippen LogP contribution in [0.3, 0.4) is 0 Å². The minimum atomic E-state index is -0.0531. The van der Waals surface area contributed by atoms with E-state index in [9.17, 15) is 5.11 Å². The molecule has 7 nitrogen and oxygen atoms in total. The monoisotopic (exact) mass is 318 g/mol. The van der Waals surface area contributed by atoms with E-state index < -0.39 is 0 Å². The lowest BCUT2D eigenvalue weighted by atomic mass is 9.96. The molecule has 1 fully saturated rings. The normalized spacial score (nSPS) is 17.0. The van der Waals surface area contributed by atoms with Crippen LogP contribution in [0.4, 0.5) is 0 Å². The maximum atomic E-state index is 9.24. The minimum Gasteiger partial charge on any atom is -0.388 e. The highest BCUT2D eigenvalue weighted by atomic mass is 16.3. The summed E-state index contributed by atoms with van der Waals surface area (Å²) in [4.78, 5) is 6.97. The Hall–Kier alpha value is -1.73. The molecule has 0 unspecified atom stereocenters. The van der Waals surface area contributed by atoms with Gasteiger partial charge in [0.1, 0.15) is 18.3 Å². The van der Waals surface area contributed by atoms with E-state index in [1.165, 1.54) is 0 Å². The number of likely N-dealkylation sites (tertiary alicyclic amines) is 1. The first-order valence-electron chi connectivity index (χ1n) is 8.44. The highest BCUT2D eigenvalue weighted by Gasteiger charge is 2.25. The Morgan fingerprint density at radius 2 is 2.00 bits per heavy atom. The molecule has 0 atom stereocenters. The van der Waals surface area contributed by atoms with Crippen molar-refractivity contribution in [3.8, 4) is 0 Å². The van der Waals surface area contributed by atoms with Crippen molar-refractivity contribution in [2.45, 2.75) is 51.8 Å². The molecule has 0 aliphatic carbocycles. The van der Waals surface area contributed by atoms with Gasteiger partial charge >= 0.3 is 0 Å². The van der Waals surface area contributed by atoms with Crippen molar-refractivity contribution < 1.29 is 5.11 Å². The molecule has 0 saturated carbocycles. The van der Waals surface area contributed by atoms with Gasteiger partial charge in [-0.25, -0.2) is 4.98 Å². The van der Waals surface area contributed by atoms with Gasteiger partial charge in [-0.05, 0) is 32.4 Å². The van der Waals surface area contributed by atoms with Crippen molar-refractivity contribution in [2.75, 3.05) is 13.1 Å². The zero-order valence-corrected chi connectivity index (χ0v) is 14.0. The second-order valence-electron chi connectivity index (χ2n) is 6.28. The molecule has 0 amide bonds. The molecular formula is C16H26N6O. The van der Waals surface area contributed by atoms with Crippen LogP contribution in [0.1, 0.15) is 49.6 Å². The highest BCUT2D eigenvalue weighted by molar-refractivity contribution is 5.03. The Labute approximate surface area is 137 Å². The predicted molar refractivity (Wildman–Crippen MR) is 86.7 cm³/mol. The average molecular weight is 318 g/mol. The zero-order valence-electron chi connectivity index (χ0n) is 14.0. The molecule has 7 heteroatoms. The summed E-state index contributed by atoms with van der Waals surface area (Å²) in [5.74, 6) is 3.23. The molecule has 3 rings (SSSR count). The first-order chi connectivity index (χ1) is 11.2. The van der Waals surface area contributed by atoms with Gasteiger partial charge in [-0.2, -0.15) is 0 Å². The average Bonchev–Trinajstić information content (AvgIpc) is 3.15. The molecule has 2 aromatic rings. The van der Waals surface area contributed by atoms with Crippen molar-refractivity contribution in [2.24, 2.45) is 7.05 Å². The summed E-state index contributed by atoms with van der Waals surface area (Å²) in [6, 6.07) is 0. The fourth-order valence-corrected chi connectivity index (χ4v) is 3.35. The molecule has 1 saturated heterocycles. The number of aliphatic hydroxyl groups is 1. The van der Waals surface area contributed by atoms with Crippen LogP contribution in [-0.2, 0) is 26.7 Å². The van der Waals surface area contributed by atoms with Crippen molar-refractivity contribution in [1.29, 1.82) is 0 Å². The maximum Gasteiger partial charge on any atom is 0.158 e. The Morgan fingerprint density at radius 1 is 1.22 bits per heavy atom. The first-order valence-corrected chi connectivity index (χ1v) is 8.44. The lowest BCUT2D eigenvalue weighted by Gasteiger charge is -2.31. The van der Waals surface area contributed by atoms with E-state index in [0.29, 0.717) is 11.7 Å². The van der Waals surface area contributed by atoms with Gasteiger partial charge in [-0.15, -0.1) is 10.2 Å². The van der Waals surface area contributed by atoms with Crippen LogP contribution in [0.15, 0.2) is 12.4 Å². The van der Waals surface area contributed by atoms with Gasteiger partial charge in [0.05, 0.1) is 6.54 Å². The van der Waals surface area contributed by atoms with Gasteiger partial charge in [-0.1, -0.05) is 6.92 Å². The molecule has 1 N–H and O–H groups in total. The van der Waals surface area contributed by atoms with Crippen LogP contribution in [0.5, 0.6) is 0 Å². The first kappa shape index (κ1) is 16.1. The summed E-state index contributed by atoms with van der Waals surface area (Å²) in [7, 11) is 1.94. The van der Waals surface area contributed by atoms with E-state index in [2.05, 4.69) is 37.8 Å². The predicted octanol–water partition coefficient (Wildman–Crippen LogP) is 1.29. The molecule has 0 bridgehead atoms. The number of imidazole rings is 1. The van der Waals surface area contributed by atoms with E-state index in [1.54, 1.807) is 0 Å². The maximum absolute atomic E-state index is 9.24. The largest absolute Gasteiger partial charge is 0.388 e. The lowest BCUT2D eigenvalue weighted by Crippen LogP contribution is -2.34. The van der Waals surface area contributed by atoms with Gasteiger partial charge in [0, 0.05) is 31.9 Å².